The van der Waals surface area contributed by atoms with Crippen LogP contribution in [0.4, 0.5) is 0 Å². The smallest absolute Gasteiger partial charge is 0.305 e. The van der Waals surface area contributed by atoms with E-state index >= 15 is 0 Å². The average molecular weight is 240 g/mol. The Hall–Kier alpha value is -1.92. The third-order valence-corrected chi connectivity index (χ3v) is 2.30. The molecule has 1 rings (SSSR count). The van der Waals surface area contributed by atoms with Crippen molar-refractivity contribution < 1.29 is 14.3 Å². The number of nitrogens with zero attached hydrogens (tertiary/aromatic N) is 4. The second-order valence-corrected chi connectivity index (χ2v) is 3.60. The van der Waals surface area contributed by atoms with Crippen LogP contribution in [0.1, 0.15) is 12.8 Å². The van der Waals surface area contributed by atoms with Crippen molar-refractivity contribution in [2.75, 3.05) is 20.7 Å². The number of carbonyl (C=O) groups excluding carboxylic acids is 2. The van der Waals surface area contributed by atoms with Gasteiger partial charge in [0.05, 0.1) is 13.3 Å². The summed E-state index contributed by atoms with van der Waals surface area (Å²) in [6.45, 7) is 0.678. The predicted octanol–water partition coefficient (Wildman–Crippen LogP) is -0.310. The van der Waals surface area contributed by atoms with Crippen LogP contribution >= 0.6 is 0 Å². The summed E-state index contributed by atoms with van der Waals surface area (Å²) in [5.41, 5.74) is 0. The van der Waals surface area contributed by atoms with Crippen molar-refractivity contribution >= 4 is 11.9 Å². The van der Waals surface area contributed by atoms with Gasteiger partial charge in [0.25, 0.3) is 0 Å². The number of carbonyl (C=O) groups is 2. The van der Waals surface area contributed by atoms with Crippen LogP contribution in [0.2, 0.25) is 0 Å². The van der Waals surface area contributed by atoms with E-state index < -0.39 is 0 Å². The molecule has 0 aromatic carbocycles. The Kier molecular flexibility index (Phi) is 5.12. The van der Waals surface area contributed by atoms with E-state index in [1.54, 1.807) is 18.1 Å². The van der Waals surface area contributed by atoms with Gasteiger partial charge >= 0.3 is 5.97 Å². The highest BCUT2D eigenvalue weighted by molar-refractivity contribution is 5.75. The normalized spacial score (nSPS) is 10.0. The lowest BCUT2D eigenvalue weighted by Crippen LogP contribution is -2.31. The largest absolute Gasteiger partial charge is 0.469 e. The van der Waals surface area contributed by atoms with Crippen LogP contribution in [0, 0.1) is 0 Å². The van der Waals surface area contributed by atoms with Gasteiger partial charge in [0.1, 0.15) is 6.54 Å². The minimum absolute atomic E-state index is 0.0691. The van der Waals surface area contributed by atoms with Gasteiger partial charge in [-0.05, 0) is 6.42 Å². The van der Waals surface area contributed by atoms with Gasteiger partial charge < -0.3 is 9.64 Å². The molecule has 0 unspecified atom stereocenters. The van der Waals surface area contributed by atoms with Gasteiger partial charge in [0.2, 0.25) is 5.91 Å². The lowest BCUT2D eigenvalue weighted by molar-refractivity contribution is -0.141. The van der Waals surface area contributed by atoms with E-state index in [0.717, 1.165) is 0 Å². The van der Waals surface area contributed by atoms with Crippen molar-refractivity contribution in [1.82, 2.24) is 19.9 Å². The van der Waals surface area contributed by atoms with Gasteiger partial charge in [-0.2, -0.15) is 0 Å². The Balaban J connectivity index is 2.25. The summed E-state index contributed by atoms with van der Waals surface area (Å²) in [7, 11) is 3.04. The molecule has 0 radical (unpaired) electrons. The van der Waals surface area contributed by atoms with E-state index in [1.807, 2.05) is 0 Å². The van der Waals surface area contributed by atoms with Crippen LogP contribution < -0.4 is 0 Å². The number of hydrogen-bond acceptors (Lipinski definition) is 5. The second kappa shape index (κ2) is 6.62. The van der Waals surface area contributed by atoms with Crippen LogP contribution in [0.25, 0.3) is 0 Å². The molecular weight excluding hydrogens is 224 g/mol. The Morgan fingerprint density at radius 1 is 1.47 bits per heavy atom. The number of hydrogen-bond donors (Lipinski definition) is 0. The third-order valence-electron chi connectivity index (χ3n) is 2.30. The lowest BCUT2D eigenvalue weighted by Gasteiger charge is -2.16. The monoisotopic (exact) mass is 240 g/mol. The minimum atomic E-state index is -0.262. The molecule has 0 saturated carbocycles. The Morgan fingerprint density at radius 3 is 2.82 bits per heavy atom. The molecule has 7 heteroatoms. The van der Waals surface area contributed by atoms with E-state index in [-0.39, 0.29) is 18.4 Å². The quantitative estimate of drug-likeness (QED) is 0.637. The Morgan fingerprint density at radius 2 is 2.24 bits per heavy atom. The van der Waals surface area contributed by atoms with Gasteiger partial charge in [-0.15, -0.1) is 5.10 Å². The first-order chi connectivity index (χ1) is 8.13. The van der Waals surface area contributed by atoms with Gasteiger partial charge in [-0.1, -0.05) is 5.21 Å². The van der Waals surface area contributed by atoms with E-state index in [9.17, 15) is 9.59 Å². The summed E-state index contributed by atoms with van der Waals surface area (Å²) in [4.78, 5) is 24.1. The summed E-state index contributed by atoms with van der Waals surface area (Å²) < 4.78 is 5.97. The first-order valence-electron chi connectivity index (χ1n) is 5.28. The molecule has 0 N–H and O–H groups in total. The number of ether oxygens (including phenoxy) is 1. The summed E-state index contributed by atoms with van der Waals surface area (Å²) in [5, 5.41) is 7.32. The van der Waals surface area contributed by atoms with Gasteiger partial charge in [0, 0.05) is 26.2 Å². The summed E-state index contributed by atoms with van der Waals surface area (Å²) in [6.07, 6.45) is 4.05. The lowest BCUT2D eigenvalue weighted by atomic mass is 10.3. The molecule has 1 aromatic rings. The number of amides is 1. The fourth-order valence-corrected chi connectivity index (χ4v) is 1.26. The van der Waals surface area contributed by atoms with Crippen LogP contribution in [-0.2, 0) is 20.9 Å². The molecule has 1 amide bonds. The summed E-state index contributed by atoms with van der Waals surface area (Å²) >= 11 is 0. The SMILES string of the molecule is COC(=O)CCCN(C)C(=O)Cn1ccnn1. The maximum Gasteiger partial charge on any atom is 0.305 e. The maximum absolute atomic E-state index is 11.7. The average Bonchev–Trinajstić information content (AvgIpc) is 2.81. The highest BCUT2D eigenvalue weighted by Gasteiger charge is 2.10. The van der Waals surface area contributed by atoms with Crippen molar-refractivity contribution in [1.29, 1.82) is 0 Å². The molecule has 1 aromatic heterocycles. The van der Waals surface area contributed by atoms with Gasteiger partial charge in [-0.25, -0.2) is 4.68 Å². The molecule has 17 heavy (non-hydrogen) atoms. The van der Waals surface area contributed by atoms with E-state index in [0.29, 0.717) is 19.4 Å². The van der Waals surface area contributed by atoms with Crippen LogP contribution in [-0.4, -0.2) is 52.5 Å². The molecule has 0 fully saturated rings. The summed E-state index contributed by atoms with van der Waals surface area (Å²) in [5.74, 6) is -0.331. The van der Waals surface area contributed by atoms with Crippen molar-refractivity contribution in [3.63, 3.8) is 0 Å². The number of likely N-dealkylation sites (N-methyl/N-ethyl adjacent to an activating group) is 1. The number of methoxy groups -OCH3 is 1. The number of rotatable bonds is 6. The molecular formula is C10H16N4O3. The zero-order valence-electron chi connectivity index (χ0n) is 10.00. The number of esters is 1. The van der Waals surface area contributed by atoms with Crippen LogP contribution in [0.3, 0.4) is 0 Å². The molecule has 0 aliphatic heterocycles. The molecule has 0 spiro atoms. The highest BCUT2D eigenvalue weighted by atomic mass is 16.5. The molecule has 0 atom stereocenters. The zero-order chi connectivity index (χ0) is 12.7. The van der Waals surface area contributed by atoms with E-state index in [4.69, 9.17) is 0 Å². The van der Waals surface area contributed by atoms with E-state index in [2.05, 4.69) is 15.0 Å². The minimum Gasteiger partial charge on any atom is -0.469 e. The van der Waals surface area contributed by atoms with Crippen molar-refractivity contribution in [3.8, 4) is 0 Å². The van der Waals surface area contributed by atoms with Crippen LogP contribution in [0.15, 0.2) is 12.4 Å². The van der Waals surface area contributed by atoms with Crippen LogP contribution in [0.5, 0.6) is 0 Å². The van der Waals surface area contributed by atoms with E-state index in [1.165, 1.54) is 18.0 Å². The molecule has 0 saturated heterocycles. The molecule has 0 bridgehead atoms. The predicted molar refractivity (Wildman–Crippen MR) is 58.9 cm³/mol. The van der Waals surface area contributed by atoms with Crippen molar-refractivity contribution in [3.05, 3.63) is 12.4 Å². The zero-order valence-corrected chi connectivity index (χ0v) is 10.00. The standard InChI is InChI=1S/C10H16N4O3/c1-13(6-3-4-10(16)17-2)9(15)8-14-7-5-11-12-14/h5,7H,3-4,6,8H2,1-2H3. The fraction of sp³-hybridized carbons (Fsp3) is 0.600. The molecule has 1 heterocycles. The Bertz CT molecular complexity index is 364. The van der Waals surface area contributed by atoms with Crippen molar-refractivity contribution in [2.45, 2.75) is 19.4 Å². The first kappa shape index (κ1) is 13.1. The molecule has 0 aliphatic carbocycles. The second-order valence-electron chi connectivity index (χ2n) is 3.60. The van der Waals surface area contributed by atoms with Gasteiger partial charge in [-0.3, -0.25) is 9.59 Å². The van der Waals surface area contributed by atoms with Gasteiger partial charge in [0.15, 0.2) is 0 Å². The highest BCUT2D eigenvalue weighted by Crippen LogP contribution is 1.96. The fourth-order valence-electron chi connectivity index (χ4n) is 1.26. The Labute approximate surface area is 99.3 Å². The topological polar surface area (TPSA) is 77.3 Å². The molecule has 7 nitrogen and oxygen atoms in total. The molecule has 0 aliphatic rings. The third kappa shape index (κ3) is 4.62. The number of aromatic nitrogens is 3. The molecule has 94 valence electrons. The first-order valence-corrected chi connectivity index (χ1v) is 5.28. The van der Waals surface area contributed by atoms with Crippen molar-refractivity contribution in [2.24, 2.45) is 0 Å². The summed E-state index contributed by atoms with van der Waals surface area (Å²) in [6, 6.07) is 0. The maximum atomic E-state index is 11.7.